The Morgan fingerprint density at radius 2 is 2.25 bits per heavy atom. The molecular formula is C9H16FNO. The number of carbonyl (C=O) groups excluding carboxylic acids is 1. The van der Waals surface area contributed by atoms with Gasteiger partial charge in [0.15, 0.2) is 0 Å². The lowest BCUT2D eigenvalue weighted by atomic mass is 10.1. The fraction of sp³-hybridized carbons (Fsp3) is 0.889. The van der Waals surface area contributed by atoms with Crippen molar-refractivity contribution in [3.63, 3.8) is 0 Å². The van der Waals surface area contributed by atoms with E-state index >= 15 is 0 Å². The van der Waals surface area contributed by atoms with Crippen LogP contribution in [0, 0.1) is 5.92 Å². The standard InChI is InChI=1S/C9H16FNO/c1-3-9(2,10)6-11-8(12)7-4-5-7/h7H,3-6H2,1-2H3,(H,11,12). The van der Waals surface area contributed by atoms with E-state index < -0.39 is 5.67 Å². The highest BCUT2D eigenvalue weighted by atomic mass is 19.1. The van der Waals surface area contributed by atoms with Crippen molar-refractivity contribution in [2.24, 2.45) is 5.92 Å². The molecule has 0 radical (unpaired) electrons. The number of nitrogens with one attached hydrogen (secondary N) is 1. The van der Waals surface area contributed by atoms with E-state index in [1.807, 2.05) is 0 Å². The maximum absolute atomic E-state index is 13.2. The lowest BCUT2D eigenvalue weighted by Crippen LogP contribution is -2.37. The largest absolute Gasteiger partial charge is 0.353 e. The van der Waals surface area contributed by atoms with Crippen molar-refractivity contribution < 1.29 is 9.18 Å². The highest BCUT2D eigenvalue weighted by Gasteiger charge is 2.31. The summed E-state index contributed by atoms with van der Waals surface area (Å²) < 4.78 is 13.2. The second-order valence-corrected chi connectivity index (χ2v) is 3.76. The summed E-state index contributed by atoms with van der Waals surface area (Å²) in [6.45, 7) is 3.45. The highest BCUT2D eigenvalue weighted by Crippen LogP contribution is 2.28. The molecule has 1 aliphatic rings. The minimum absolute atomic E-state index is 0.0207. The van der Waals surface area contributed by atoms with E-state index in [-0.39, 0.29) is 18.4 Å². The summed E-state index contributed by atoms with van der Waals surface area (Å²) in [4.78, 5) is 11.1. The van der Waals surface area contributed by atoms with Crippen LogP contribution in [0.15, 0.2) is 0 Å². The first-order valence-corrected chi connectivity index (χ1v) is 4.52. The number of carbonyl (C=O) groups is 1. The summed E-state index contributed by atoms with van der Waals surface area (Å²) in [5.74, 6) is 0.199. The van der Waals surface area contributed by atoms with Gasteiger partial charge in [-0.25, -0.2) is 4.39 Å². The first kappa shape index (κ1) is 9.49. The van der Waals surface area contributed by atoms with Gasteiger partial charge in [0.05, 0.1) is 6.54 Å². The van der Waals surface area contributed by atoms with Gasteiger partial charge in [0, 0.05) is 5.92 Å². The van der Waals surface area contributed by atoms with E-state index in [1.165, 1.54) is 6.92 Å². The number of rotatable bonds is 4. The SMILES string of the molecule is CCC(C)(F)CNC(=O)C1CC1. The molecule has 0 heterocycles. The van der Waals surface area contributed by atoms with Gasteiger partial charge in [-0.15, -0.1) is 0 Å². The normalized spacial score (nSPS) is 21.6. The van der Waals surface area contributed by atoms with E-state index in [4.69, 9.17) is 0 Å². The van der Waals surface area contributed by atoms with E-state index in [9.17, 15) is 9.18 Å². The van der Waals surface area contributed by atoms with Gasteiger partial charge in [-0.3, -0.25) is 4.79 Å². The number of hydrogen-bond donors (Lipinski definition) is 1. The lowest BCUT2D eigenvalue weighted by Gasteiger charge is -2.18. The molecule has 1 amide bonds. The molecule has 0 aromatic heterocycles. The lowest BCUT2D eigenvalue weighted by molar-refractivity contribution is -0.122. The van der Waals surface area contributed by atoms with Crippen LogP contribution in [0.2, 0.25) is 0 Å². The minimum Gasteiger partial charge on any atom is -0.353 e. The zero-order valence-corrected chi connectivity index (χ0v) is 7.69. The summed E-state index contributed by atoms with van der Waals surface area (Å²) in [7, 11) is 0. The van der Waals surface area contributed by atoms with E-state index in [1.54, 1.807) is 6.92 Å². The van der Waals surface area contributed by atoms with Gasteiger partial charge in [0.2, 0.25) is 5.91 Å². The van der Waals surface area contributed by atoms with Gasteiger partial charge in [-0.1, -0.05) is 6.92 Å². The van der Waals surface area contributed by atoms with Crippen LogP contribution in [0.4, 0.5) is 4.39 Å². The molecule has 1 N–H and O–H groups in total. The summed E-state index contributed by atoms with van der Waals surface area (Å²) in [6.07, 6.45) is 2.39. The van der Waals surface area contributed by atoms with E-state index in [2.05, 4.69) is 5.32 Å². The number of hydrogen-bond acceptors (Lipinski definition) is 1. The average Bonchev–Trinajstić information content (AvgIpc) is 2.83. The summed E-state index contributed by atoms with van der Waals surface area (Å²) >= 11 is 0. The number of halogens is 1. The van der Waals surface area contributed by atoms with Crippen LogP contribution in [0.25, 0.3) is 0 Å². The second kappa shape index (κ2) is 3.42. The Bertz CT molecular complexity index is 175. The van der Waals surface area contributed by atoms with Gasteiger partial charge in [0.1, 0.15) is 5.67 Å². The smallest absolute Gasteiger partial charge is 0.223 e. The predicted molar refractivity (Wildman–Crippen MR) is 45.5 cm³/mol. The molecule has 0 saturated heterocycles. The van der Waals surface area contributed by atoms with E-state index in [0.29, 0.717) is 6.42 Å². The topological polar surface area (TPSA) is 29.1 Å². The second-order valence-electron chi connectivity index (χ2n) is 3.76. The molecule has 2 nitrogen and oxygen atoms in total. The Labute approximate surface area is 72.5 Å². The molecule has 0 bridgehead atoms. The molecule has 1 rings (SSSR count). The Morgan fingerprint density at radius 1 is 1.67 bits per heavy atom. The first-order valence-electron chi connectivity index (χ1n) is 4.52. The fourth-order valence-electron chi connectivity index (χ4n) is 0.886. The van der Waals surface area contributed by atoms with Gasteiger partial charge >= 0.3 is 0 Å². The molecule has 3 heteroatoms. The highest BCUT2D eigenvalue weighted by molar-refractivity contribution is 5.80. The van der Waals surface area contributed by atoms with E-state index in [0.717, 1.165) is 12.8 Å². The molecule has 1 atom stereocenters. The van der Waals surface area contributed by atoms with Crippen molar-refractivity contribution in [1.29, 1.82) is 0 Å². The third-order valence-electron chi connectivity index (χ3n) is 2.32. The molecule has 0 aromatic carbocycles. The first-order chi connectivity index (χ1) is 5.55. The molecule has 1 saturated carbocycles. The van der Waals surface area contributed by atoms with Crippen LogP contribution in [0.5, 0.6) is 0 Å². The van der Waals surface area contributed by atoms with Crippen LogP contribution in [-0.4, -0.2) is 18.1 Å². The van der Waals surface area contributed by atoms with Crippen molar-refractivity contribution in [1.82, 2.24) is 5.32 Å². The van der Waals surface area contributed by atoms with Crippen molar-refractivity contribution in [3.8, 4) is 0 Å². The van der Waals surface area contributed by atoms with Crippen molar-refractivity contribution >= 4 is 5.91 Å². The predicted octanol–water partition coefficient (Wildman–Crippen LogP) is 1.65. The molecule has 1 unspecified atom stereocenters. The quantitative estimate of drug-likeness (QED) is 0.688. The van der Waals surface area contributed by atoms with Crippen LogP contribution < -0.4 is 5.32 Å². The third-order valence-corrected chi connectivity index (χ3v) is 2.32. The van der Waals surface area contributed by atoms with Crippen molar-refractivity contribution in [3.05, 3.63) is 0 Å². The average molecular weight is 173 g/mol. The Hall–Kier alpha value is -0.600. The Morgan fingerprint density at radius 3 is 2.67 bits per heavy atom. The zero-order valence-electron chi connectivity index (χ0n) is 7.69. The Kier molecular flexibility index (Phi) is 2.70. The zero-order chi connectivity index (χ0) is 9.19. The molecule has 0 spiro atoms. The maximum atomic E-state index is 13.2. The van der Waals surface area contributed by atoms with Crippen molar-refractivity contribution in [2.75, 3.05) is 6.54 Å². The monoisotopic (exact) mass is 173 g/mol. The molecule has 0 aliphatic heterocycles. The molecule has 0 aromatic rings. The molecule has 70 valence electrons. The molecule has 1 aliphatic carbocycles. The van der Waals surface area contributed by atoms with Gasteiger partial charge in [-0.2, -0.15) is 0 Å². The van der Waals surface area contributed by atoms with Gasteiger partial charge in [-0.05, 0) is 26.2 Å². The van der Waals surface area contributed by atoms with Crippen molar-refractivity contribution in [2.45, 2.75) is 38.8 Å². The van der Waals surface area contributed by atoms with Crippen LogP contribution in [-0.2, 0) is 4.79 Å². The fourth-order valence-corrected chi connectivity index (χ4v) is 0.886. The van der Waals surface area contributed by atoms with Gasteiger partial charge < -0.3 is 5.32 Å². The maximum Gasteiger partial charge on any atom is 0.223 e. The number of amides is 1. The van der Waals surface area contributed by atoms with Gasteiger partial charge in [0.25, 0.3) is 0 Å². The number of alkyl halides is 1. The molecular weight excluding hydrogens is 157 g/mol. The minimum atomic E-state index is -1.25. The van der Waals surface area contributed by atoms with Crippen LogP contribution in [0.1, 0.15) is 33.1 Å². The summed E-state index contributed by atoms with van der Waals surface area (Å²) in [5, 5.41) is 2.62. The summed E-state index contributed by atoms with van der Waals surface area (Å²) in [5.41, 5.74) is -1.25. The van der Waals surface area contributed by atoms with Crippen LogP contribution >= 0.6 is 0 Å². The molecule has 1 fully saturated rings. The third kappa shape index (κ3) is 2.80. The van der Waals surface area contributed by atoms with Crippen LogP contribution in [0.3, 0.4) is 0 Å². The summed E-state index contributed by atoms with van der Waals surface area (Å²) in [6, 6.07) is 0. The molecule has 12 heavy (non-hydrogen) atoms. The Balaban J connectivity index is 2.19.